The Morgan fingerprint density at radius 1 is 0.974 bits per heavy atom. The van der Waals surface area contributed by atoms with E-state index in [-0.39, 0.29) is 12.5 Å². The molecule has 202 valence electrons. The molecule has 0 atom stereocenters. The van der Waals surface area contributed by atoms with Crippen molar-refractivity contribution < 1.29 is 19.0 Å². The molecule has 3 aromatic carbocycles. The van der Waals surface area contributed by atoms with E-state index in [2.05, 4.69) is 16.9 Å². The van der Waals surface area contributed by atoms with Gasteiger partial charge in [-0.1, -0.05) is 35.3 Å². The average Bonchev–Trinajstić information content (AvgIpc) is 3.24. The number of allylic oxidation sites excluding steroid dienone is 1. The van der Waals surface area contributed by atoms with Crippen LogP contribution in [0.15, 0.2) is 77.1 Å². The van der Waals surface area contributed by atoms with E-state index in [1.165, 1.54) is 11.8 Å². The van der Waals surface area contributed by atoms with Crippen LogP contribution < -0.4 is 19.5 Å². The van der Waals surface area contributed by atoms with E-state index in [9.17, 15) is 4.79 Å². The van der Waals surface area contributed by atoms with Gasteiger partial charge in [0, 0.05) is 21.2 Å². The van der Waals surface area contributed by atoms with Gasteiger partial charge >= 0.3 is 0 Å². The number of halogens is 2. The summed E-state index contributed by atoms with van der Waals surface area (Å²) in [7, 11) is 0. The van der Waals surface area contributed by atoms with Crippen molar-refractivity contribution in [2.24, 2.45) is 4.99 Å². The highest BCUT2D eigenvalue weighted by molar-refractivity contribution is 8.18. The van der Waals surface area contributed by atoms with Gasteiger partial charge in [0.2, 0.25) is 0 Å². The lowest BCUT2D eigenvalue weighted by molar-refractivity contribution is -0.115. The maximum atomic E-state index is 12.7. The minimum atomic E-state index is -0.217. The van der Waals surface area contributed by atoms with Gasteiger partial charge in [-0.25, -0.2) is 4.99 Å². The highest BCUT2D eigenvalue weighted by atomic mass is 35.5. The topological polar surface area (TPSA) is 69.2 Å². The molecule has 4 rings (SSSR count). The van der Waals surface area contributed by atoms with E-state index in [1.807, 2.05) is 62.4 Å². The first-order valence-electron chi connectivity index (χ1n) is 12.4. The standard InChI is InChI=1S/C30H28Cl2N2O4S/c1-4-7-20-14-19(15-26(37-6-3)28(20)38-18-21-8-9-22(31)17-25(21)32)16-27-29(35)34-30(39-27)33-23-10-12-24(13-11-23)36-5-2/h4,8-17H,1,5-7,18H2,2-3H3,(H,33,34,35)/b27-16+. The third-order valence-electron chi connectivity index (χ3n) is 5.53. The quantitative estimate of drug-likeness (QED) is 0.183. The Morgan fingerprint density at radius 2 is 1.74 bits per heavy atom. The molecule has 39 heavy (non-hydrogen) atoms. The molecule has 1 saturated heterocycles. The van der Waals surface area contributed by atoms with Gasteiger partial charge in [-0.15, -0.1) is 6.58 Å². The first kappa shape index (κ1) is 28.6. The molecular formula is C30H28Cl2N2O4S. The fourth-order valence-electron chi connectivity index (χ4n) is 3.82. The van der Waals surface area contributed by atoms with Crippen LogP contribution in [0.4, 0.5) is 5.69 Å². The molecule has 0 aromatic heterocycles. The summed E-state index contributed by atoms with van der Waals surface area (Å²) in [6, 6.07) is 16.5. The zero-order valence-corrected chi connectivity index (χ0v) is 24.0. The number of hydrogen-bond donors (Lipinski definition) is 1. The average molecular weight is 584 g/mol. The fourth-order valence-corrected chi connectivity index (χ4v) is 5.13. The van der Waals surface area contributed by atoms with Crippen molar-refractivity contribution in [2.75, 3.05) is 13.2 Å². The molecule has 1 N–H and O–H groups in total. The summed E-state index contributed by atoms with van der Waals surface area (Å²) in [6.07, 6.45) is 4.16. The second-order valence-electron chi connectivity index (χ2n) is 8.37. The maximum Gasteiger partial charge on any atom is 0.264 e. The van der Waals surface area contributed by atoms with Gasteiger partial charge in [-0.3, -0.25) is 4.79 Å². The lowest BCUT2D eigenvalue weighted by Gasteiger charge is -2.17. The van der Waals surface area contributed by atoms with Gasteiger partial charge in [0.25, 0.3) is 5.91 Å². The van der Waals surface area contributed by atoms with Crippen molar-refractivity contribution in [2.45, 2.75) is 26.9 Å². The number of carbonyl (C=O) groups excluding carboxylic acids is 1. The fraction of sp³-hybridized carbons (Fsp3) is 0.200. The summed E-state index contributed by atoms with van der Waals surface area (Å²) in [5, 5.41) is 4.42. The maximum absolute atomic E-state index is 12.7. The molecule has 3 aromatic rings. The molecule has 0 bridgehead atoms. The molecule has 0 aliphatic carbocycles. The predicted octanol–water partition coefficient (Wildman–Crippen LogP) is 7.99. The normalized spacial score (nSPS) is 14.9. The van der Waals surface area contributed by atoms with Crippen molar-refractivity contribution in [3.05, 3.63) is 98.9 Å². The Labute approximate surface area is 242 Å². The third-order valence-corrected chi connectivity index (χ3v) is 7.03. The molecule has 0 spiro atoms. The molecule has 1 amide bonds. The van der Waals surface area contributed by atoms with Crippen molar-refractivity contribution in [1.82, 2.24) is 5.32 Å². The van der Waals surface area contributed by atoms with Crippen LogP contribution in [0.1, 0.15) is 30.5 Å². The highest BCUT2D eigenvalue weighted by Gasteiger charge is 2.24. The predicted molar refractivity (Wildman–Crippen MR) is 161 cm³/mol. The van der Waals surface area contributed by atoms with E-state index >= 15 is 0 Å². The first-order valence-corrected chi connectivity index (χ1v) is 14.0. The van der Waals surface area contributed by atoms with Gasteiger partial charge in [0.05, 0.1) is 23.8 Å². The molecule has 0 saturated carbocycles. The molecule has 0 unspecified atom stereocenters. The summed E-state index contributed by atoms with van der Waals surface area (Å²) in [5.74, 6) is 1.73. The number of aliphatic imine (C=N–C) groups is 1. The minimum Gasteiger partial charge on any atom is -0.494 e. The zero-order valence-electron chi connectivity index (χ0n) is 21.6. The second-order valence-corrected chi connectivity index (χ2v) is 10.2. The van der Waals surface area contributed by atoms with Crippen LogP contribution in [0.2, 0.25) is 10.0 Å². The van der Waals surface area contributed by atoms with Gasteiger partial charge < -0.3 is 19.5 Å². The Kier molecular flexibility index (Phi) is 9.98. The number of ether oxygens (including phenoxy) is 3. The zero-order chi connectivity index (χ0) is 27.8. The number of carbonyl (C=O) groups is 1. The van der Waals surface area contributed by atoms with Gasteiger partial charge in [0.1, 0.15) is 12.4 Å². The van der Waals surface area contributed by atoms with Crippen molar-refractivity contribution >= 4 is 57.8 Å². The summed E-state index contributed by atoms with van der Waals surface area (Å²) in [5.41, 5.74) is 3.20. The number of benzene rings is 3. The number of nitrogens with zero attached hydrogens (tertiary/aromatic N) is 1. The van der Waals surface area contributed by atoms with Crippen LogP contribution in [0.5, 0.6) is 17.2 Å². The van der Waals surface area contributed by atoms with Crippen molar-refractivity contribution in [3.63, 3.8) is 0 Å². The Bertz CT molecular complexity index is 1420. The van der Waals surface area contributed by atoms with Crippen molar-refractivity contribution in [3.8, 4) is 17.2 Å². The number of amidine groups is 1. The number of nitrogens with one attached hydrogen (secondary N) is 1. The lowest BCUT2D eigenvalue weighted by Crippen LogP contribution is -2.19. The molecule has 6 nitrogen and oxygen atoms in total. The van der Waals surface area contributed by atoms with E-state index in [0.29, 0.717) is 51.3 Å². The number of thioether (sulfide) groups is 1. The Balaban J connectivity index is 1.59. The number of hydrogen-bond acceptors (Lipinski definition) is 6. The van der Waals surface area contributed by atoms with Crippen LogP contribution in [0.3, 0.4) is 0 Å². The van der Waals surface area contributed by atoms with E-state index in [0.717, 1.165) is 28.1 Å². The number of amides is 1. The largest absolute Gasteiger partial charge is 0.494 e. The molecule has 1 aliphatic heterocycles. The highest BCUT2D eigenvalue weighted by Crippen LogP contribution is 2.37. The summed E-state index contributed by atoms with van der Waals surface area (Å²) in [4.78, 5) is 17.8. The van der Waals surface area contributed by atoms with Gasteiger partial charge in [-0.2, -0.15) is 0 Å². The van der Waals surface area contributed by atoms with Crippen LogP contribution in [-0.2, 0) is 17.8 Å². The van der Waals surface area contributed by atoms with E-state index in [4.69, 9.17) is 37.4 Å². The van der Waals surface area contributed by atoms with Crippen molar-refractivity contribution in [1.29, 1.82) is 0 Å². The van der Waals surface area contributed by atoms with Crippen LogP contribution >= 0.6 is 35.0 Å². The molecular weight excluding hydrogens is 555 g/mol. The number of rotatable bonds is 11. The van der Waals surface area contributed by atoms with E-state index < -0.39 is 0 Å². The third kappa shape index (κ3) is 7.60. The summed E-state index contributed by atoms with van der Waals surface area (Å²) in [6.45, 7) is 9.00. The monoisotopic (exact) mass is 582 g/mol. The molecule has 0 radical (unpaired) electrons. The SMILES string of the molecule is C=CCc1cc(/C=C2/SC(=Nc3ccc(OCC)cc3)NC2=O)cc(OCC)c1OCc1ccc(Cl)cc1Cl. The lowest BCUT2D eigenvalue weighted by atomic mass is 10.0. The van der Waals surface area contributed by atoms with Crippen LogP contribution in [-0.4, -0.2) is 24.3 Å². The molecule has 1 aliphatic rings. The molecule has 1 heterocycles. The first-order chi connectivity index (χ1) is 18.9. The Morgan fingerprint density at radius 3 is 2.44 bits per heavy atom. The molecule has 1 fully saturated rings. The second kappa shape index (κ2) is 13.6. The smallest absolute Gasteiger partial charge is 0.264 e. The summed E-state index contributed by atoms with van der Waals surface area (Å²) < 4.78 is 17.6. The van der Waals surface area contributed by atoms with Gasteiger partial charge in [0.15, 0.2) is 16.7 Å². The van der Waals surface area contributed by atoms with Gasteiger partial charge in [-0.05, 0) is 92.2 Å². The summed E-state index contributed by atoms with van der Waals surface area (Å²) >= 11 is 13.6. The minimum absolute atomic E-state index is 0.217. The Hall–Kier alpha value is -3.39. The van der Waals surface area contributed by atoms with Crippen LogP contribution in [0.25, 0.3) is 6.08 Å². The van der Waals surface area contributed by atoms with E-state index in [1.54, 1.807) is 18.2 Å². The molecule has 9 heteroatoms. The van der Waals surface area contributed by atoms with Crippen LogP contribution in [0, 0.1) is 0 Å².